The molecule has 12 aromatic carbocycles. The van der Waals surface area contributed by atoms with Gasteiger partial charge in [0.1, 0.15) is 0 Å². The van der Waals surface area contributed by atoms with E-state index in [1.807, 2.05) is 0 Å². The molecule has 472 valence electrons. The molecule has 0 saturated heterocycles. The smallest absolute Gasteiger partial charge is 0.252 e. The van der Waals surface area contributed by atoms with E-state index in [9.17, 15) is 0 Å². The monoisotopic (exact) mass is 1240 g/mol. The third kappa shape index (κ3) is 9.91. The zero-order valence-corrected chi connectivity index (χ0v) is 58.6. The van der Waals surface area contributed by atoms with Gasteiger partial charge in [-0.05, 0) is 188 Å². The van der Waals surface area contributed by atoms with Crippen molar-refractivity contribution in [3.63, 3.8) is 0 Å². The molecule has 0 aliphatic carbocycles. The molecule has 2 aliphatic heterocycles. The van der Waals surface area contributed by atoms with Crippen molar-refractivity contribution in [1.82, 2.24) is 9.13 Å². The Labute approximate surface area is 568 Å². The van der Waals surface area contributed by atoms with Crippen molar-refractivity contribution >= 4 is 105 Å². The molecule has 4 heteroatoms. The molecule has 0 saturated carbocycles. The van der Waals surface area contributed by atoms with Crippen LogP contribution in [0.15, 0.2) is 249 Å². The molecule has 14 aromatic rings. The summed E-state index contributed by atoms with van der Waals surface area (Å²) in [5.74, 6) is 0. The minimum absolute atomic E-state index is 0.00461. The molecule has 16 rings (SSSR count). The van der Waals surface area contributed by atoms with Gasteiger partial charge in [-0.1, -0.05) is 280 Å². The zero-order valence-electron chi connectivity index (χ0n) is 58.6. The van der Waals surface area contributed by atoms with Crippen LogP contribution in [0.5, 0.6) is 0 Å². The number of benzene rings is 12. The topological polar surface area (TPSA) is 13.1 Å². The van der Waals surface area contributed by atoms with Crippen LogP contribution in [0, 0.1) is 0 Å². The Morgan fingerprint density at radius 2 is 0.698 bits per heavy atom. The zero-order chi connectivity index (χ0) is 66.7. The van der Waals surface area contributed by atoms with Crippen LogP contribution in [-0.2, 0) is 27.1 Å². The molecule has 2 aliphatic rings. The lowest BCUT2D eigenvalue weighted by Crippen LogP contribution is -2.60. The molecule has 0 N–H and O–H groups in total. The third-order valence-electron chi connectivity index (χ3n) is 21.1. The minimum Gasteiger partial charge on any atom is -0.310 e. The maximum absolute atomic E-state index is 2.75. The second-order valence-corrected chi connectivity index (χ2v) is 32.6. The molecule has 0 amide bonds. The first-order chi connectivity index (χ1) is 45.8. The molecule has 2 aromatic heterocycles. The van der Waals surface area contributed by atoms with Crippen LogP contribution in [-0.4, -0.2) is 15.8 Å². The van der Waals surface area contributed by atoms with Crippen molar-refractivity contribution in [2.45, 2.75) is 131 Å². The lowest BCUT2D eigenvalue weighted by atomic mass is 9.33. The molecule has 4 heterocycles. The predicted molar refractivity (Wildman–Crippen MR) is 417 cm³/mol. The fourth-order valence-electron chi connectivity index (χ4n) is 15.7. The predicted octanol–water partition coefficient (Wildman–Crippen LogP) is 23.4. The Bertz CT molecular complexity index is 5460. The number of nitrogens with zero attached hydrogens (tertiary/aromatic N) is 3. The van der Waals surface area contributed by atoms with Gasteiger partial charge < -0.3 is 14.0 Å². The van der Waals surface area contributed by atoms with E-state index in [0.717, 1.165) is 22.6 Å². The van der Waals surface area contributed by atoms with E-state index in [4.69, 9.17) is 0 Å². The third-order valence-corrected chi connectivity index (χ3v) is 21.1. The minimum atomic E-state index is -0.277. The van der Waals surface area contributed by atoms with E-state index in [-0.39, 0.29) is 33.8 Å². The van der Waals surface area contributed by atoms with Gasteiger partial charge in [0.15, 0.2) is 0 Å². The molecule has 0 atom stereocenters. The van der Waals surface area contributed by atoms with Crippen LogP contribution < -0.4 is 21.3 Å². The van der Waals surface area contributed by atoms with Gasteiger partial charge in [0.05, 0.1) is 22.2 Å². The Morgan fingerprint density at radius 1 is 0.260 bits per heavy atom. The van der Waals surface area contributed by atoms with Gasteiger partial charge >= 0.3 is 0 Å². The number of para-hydroxylation sites is 1. The van der Waals surface area contributed by atoms with E-state index in [2.05, 4.69) is 367 Å². The quantitative estimate of drug-likeness (QED) is 0.157. The first-order valence-electron chi connectivity index (χ1n) is 34.7. The molecule has 0 bridgehead atoms. The first kappa shape index (κ1) is 61.0. The highest BCUT2D eigenvalue weighted by Gasteiger charge is 2.44. The second-order valence-electron chi connectivity index (χ2n) is 32.6. The van der Waals surface area contributed by atoms with E-state index in [1.165, 1.54) is 149 Å². The Balaban J connectivity index is 1.14. The number of fused-ring (bicyclic) bond motifs is 14. The van der Waals surface area contributed by atoms with E-state index in [0.29, 0.717) is 0 Å². The summed E-state index contributed by atoms with van der Waals surface area (Å²) in [5.41, 5.74) is 27.5. The van der Waals surface area contributed by atoms with Crippen molar-refractivity contribution in [3.8, 4) is 44.8 Å². The highest BCUT2D eigenvalue weighted by Crippen LogP contribution is 2.52. The number of anilines is 3. The summed E-state index contributed by atoms with van der Waals surface area (Å²) in [6.07, 6.45) is 0. The molecule has 3 nitrogen and oxygen atoms in total. The van der Waals surface area contributed by atoms with Crippen LogP contribution in [0.25, 0.3) is 110 Å². The lowest BCUT2D eigenvalue weighted by Gasteiger charge is -2.43. The van der Waals surface area contributed by atoms with Gasteiger partial charge in [-0.15, -0.1) is 0 Å². The average Bonchev–Trinajstić information content (AvgIpc) is 0.807. The lowest BCUT2D eigenvalue weighted by molar-refractivity contribution is 0.590. The normalized spacial score (nSPS) is 13.3. The van der Waals surface area contributed by atoms with Gasteiger partial charge in [0.25, 0.3) is 6.71 Å². The summed E-state index contributed by atoms with van der Waals surface area (Å²) < 4.78 is 5.28. The Kier molecular flexibility index (Phi) is 13.9. The molecule has 0 radical (unpaired) electrons. The molecular formula is C92H86BN3. The highest BCUT2D eigenvalue weighted by atomic mass is 15.2. The first-order valence-corrected chi connectivity index (χ1v) is 34.7. The van der Waals surface area contributed by atoms with E-state index < -0.39 is 0 Å². The van der Waals surface area contributed by atoms with Gasteiger partial charge in [-0.25, -0.2) is 0 Å². The molecular weight excluding hydrogens is 1160 g/mol. The van der Waals surface area contributed by atoms with E-state index in [1.54, 1.807) is 0 Å². The van der Waals surface area contributed by atoms with Crippen LogP contribution in [0.1, 0.15) is 132 Å². The van der Waals surface area contributed by atoms with Gasteiger partial charge in [0, 0.05) is 60.9 Å². The number of aromatic nitrogens is 2. The van der Waals surface area contributed by atoms with Crippen molar-refractivity contribution in [1.29, 1.82) is 0 Å². The maximum Gasteiger partial charge on any atom is 0.252 e. The van der Waals surface area contributed by atoms with Gasteiger partial charge in [-0.3, -0.25) is 0 Å². The molecule has 96 heavy (non-hydrogen) atoms. The summed E-state index contributed by atoms with van der Waals surface area (Å²) in [6, 6.07) is 96.9. The fraction of sp³-hybridized carbons (Fsp3) is 0.217. The molecule has 0 fully saturated rings. The van der Waals surface area contributed by atoms with Crippen molar-refractivity contribution < 1.29 is 0 Å². The van der Waals surface area contributed by atoms with E-state index >= 15 is 0 Å². The second kappa shape index (κ2) is 21.8. The Morgan fingerprint density at radius 3 is 1.22 bits per heavy atom. The summed E-state index contributed by atoms with van der Waals surface area (Å²) in [4.78, 5) is 2.75. The number of hydrogen-bond donors (Lipinski definition) is 0. The van der Waals surface area contributed by atoms with Crippen molar-refractivity contribution in [2.24, 2.45) is 0 Å². The standard InChI is InChI=1S/C92H86BN3/c1-88(2,3)61-40-38-57(39-41-61)60-48-76-70-35-25-23-33-68(70)67-32-22-24-34-69(67)71-36-26-27-37-79(71)95-83-54-65(92(13,14)15)55-84-85(83)93(78(49-60)87(76)95)77-45-44-66(94-80-46-42-62(89(4,5)6)50-74(80)75-51-63(90(7,8)9)43-47-81(75)94)56-82(77)96(84)86-72(58-28-18-16-19-29-58)52-64(91(10,11)12)53-73(86)59-30-20-17-21-31-59/h16-56H,1-15H3. The molecule has 0 unspecified atom stereocenters. The van der Waals surface area contributed by atoms with Crippen molar-refractivity contribution in [2.75, 3.05) is 4.90 Å². The molecule has 0 spiro atoms. The SMILES string of the molecule is CC(C)(C)c1ccc(-c2cc3c4c(c2)c2ccccc2c2ccccc2c2ccccc2n4-c2cc(C(C)(C)C)cc4c2B3c2ccc(-n3c5ccc(C(C)(C)C)cc5c5cc(C(C)(C)C)ccc53)cc2N4c2c(-c3ccccc3)cc(C(C)(C)C)cc2-c2ccccc2)cc1. The largest absolute Gasteiger partial charge is 0.310 e. The maximum atomic E-state index is 2.75. The fourth-order valence-corrected chi connectivity index (χ4v) is 15.7. The van der Waals surface area contributed by atoms with Crippen molar-refractivity contribution in [3.05, 3.63) is 277 Å². The highest BCUT2D eigenvalue weighted by molar-refractivity contribution is 7.00. The summed E-state index contributed by atoms with van der Waals surface area (Å²) >= 11 is 0. The summed E-state index contributed by atoms with van der Waals surface area (Å²) in [7, 11) is 0. The summed E-state index contributed by atoms with van der Waals surface area (Å²) in [6.45, 7) is 35.0. The van der Waals surface area contributed by atoms with Crippen LogP contribution in [0.2, 0.25) is 0 Å². The van der Waals surface area contributed by atoms with Gasteiger partial charge in [-0.2, -0.15) is 0 Å². The van der Waals surface area contributed by atoms with Gasteiger partial charge in [0.2, 0.25) is 0 Å². The number of hydrogen-bond acceptors (Lipinski definition) is 1. The van der Waals surface area contributed by atoms with Crippen LogP contribution >= 0.6 is 0 Å². The van der Waals surface area contributed by atoms with Crippen LogP contribution in [0.4, 0.5) is 17.1 Å². The summed E-state index contributed by atoms with van der Waals surface area (Å²) in [5, 5.41) is 9.82. The Hall–Kier alpha value is -9.90. The average molecular weight is 1240 g/mol. The van der Waals surface area contributed by atoms with Crippen LogP contribution in [0.3, 0.4) is 0 Å². The number of rotatable bonds is 5.